The minimum atomic E-state index is 0.0826. The minimum absolute atomic E-state index is 0.0826. The molecule has 0 spiro atoms. The number of aromatic nitrogens is 2. The van der Waals surface area contributed by atoms with Gasteiger partial charge in [0, 0.05) is 37.8 Å². The third kappa shape index (κ3) is 3.41. The Labute approximate surface area is 153 Å². The van der Waals surface area contributed by atoms with Crippen LogP contribution in [0.1, 0.15) is 40.3 Å². The van der Waals surface area contributed by atoms with Crippen LogP contribution in [-0.2, 0) is 19.5 Å². The molecule has 1 fully saturated rings. The molecule has 4 rings (SSSR count). The lowest BCUT2D eigenvalue weighted by molar-refractivity contribution is 0.0655. The Morgan fingerprint density at radius 1 is 1.35 bits per heavy atom. The summed E-state index contributed by atoms with van der Waals surface area (Å²) in [5.74, 6) is 1.05. The predicted molar refractivity (Wildman–Crippen MR) is 97.7 cm³/mol. The monoisotopic (exact) mass is 357 g/mol. The van der Waals surface area contributed by atoms with Crippen molar-refractivity contribution < 1.29 is 9.21 Å². The maximum atomic E-state index is 12.9. The van der Waals surface area contributed by atoms with Gasteiger partial charge in [-0.1, -0.05) is 0 Å². The summed E-state index contributed by atoms with van der Waals surface area (Å²) in [4.78, 5) is 19.5. The standard InChI is InChI=1S/C19H27N5O2/c1-22(2)14-5-9-24(10-6-14)19(25)18-16-7-8-23(13-17(16)20-21-18)12-15-4-3-11-26-15/h3-4,11,14H,5-10,12-13H2,1-2H3,(H,20,21). The van der Waals surface area contributed by atoms with Crippen molar-refractivity contribution >= 4 is 5.91 Å². The average Bonchev–Trinajstić information content (AvgIpc) is 3.30. The van der Waals surface area contributed by atoms with Gasteiger partial charge in [-0.15, -0.1) is 0 Å². The average molecular weight is 357 g/mol. The summed E-state index contributed by atoms with van der Waals surface area (Å²) in [6, 6.07) is 4.48. The molecule has 2 aromatic rings. The Kier molecular flexibility index (Phi) is 4.82. The summed E-state index contributed by atoms with van der Waals surface area (Å²) in [7, 11) is 4.22. The molecule has 1 N–H and O–H groups in total. The van der Waals surface area contributed by atoms with Gasteiger partial charge in [-0.05, 0) is 45.5 Å². The van der Waals surface area contributed by atoms with Crippen LogP contribution < -0.4 is 0 Å². The number of nitrogens with zero attached hydrogens (tertiary/aromatic N) is 4. The third-order valence-electron chi connectivity index (χ3n) is 5.66. The number of aromatic amines is 1. The molecule has 7 heteroatoms. The lowest BCUT2D eigenvalue weighted by Gasteiger charge is -2.35. The largest absolute Gasteiger partial charge is 0.468 e. The maximum absolute atomic E-state index is 12.9. The second-order valence-corrected chi connectivity index (χ2v) is 7.56. The van der Waals surface area contributed by atoms with Crippen molar-refractivity contribution in [3.05, 3.63) is 41.1 Å². The number of fused-ring (bicyclic) bond motifs is 1. The zero-order chi connectivity index (χ0) is 18.1. The first-order valence-electron chi connectivity index (χ1n) is 9.38. The fourth-order valence-corrected chi connectivity index (χ4v) is 4.04. The molecule has 0 aromatic carbocycles. The van der Waals surface area contributed by atoms with Gasteiger partial charge in [0.15, 0.2) is 5.69 Å². The second kappa shape index (κ2) is 7.25. The fourth-order valence-electron chi connectivity index (χ4n) is 4.04. The predicted octanol–water partition coefficient (Wildman–Crippen LogP) is 1.73. The number of hydrogen-bond acceptors (Lipinski definition) is 5. The number of amides is 1. The molecule has 2 aliphatic rings. The number of likely N-dealkylation sites (tertiary alicyclic amines) is 1. The van der Waals surface area contributed by atoms with Gasteiger partial charge in [-0.2, -0.15) is 5.10 Å². The normalized spacial score (nSPS) is 19.1. The van der Waals surface area contributed by atoms with Crippen LogP contribution in [-0.4, -0.2) is 70.6 Å². The van der Waals surface area contributed by atoms with Crippen LogP contribution in [0.15, 0.2) is 22.8 Å². The van der Waals surface area contributed by atoms with Gasteiger partial charge >= 0.3 is 0 Å². The van der Waals surface area contributed by atoms with Crippen molar-refractivity contribution in [3.63, 3.8) is 0 Å². The topological polar surface area (TPSA) is 68.6 Å². The highest BCUT2D eigenvalue weighted by Crippen LogP contribution is 2.24. The van der Waals surface area contributed by atoms with Gasteiger partial charge in [0.05, 0.1) is 18.5 Å². The first-order chi connectivity index (χ1) is 12.6. The van der Waals surface area contributed by atoms with Crippen molar-refractivity contribution in [1.29, 1.82) is 0 Å². The molecule has 0 radical (unpaired) electrons. The summed E-state index contributed by atoms with van der Waals surface area (Å²) >= 11 is 0. The number of H-pyrrole nitrogens is 1. The van der Waals surface area contributed by atoms with E-state index in [2.05, 4.69) is 34.1 Å². The summed E-state index contributed by atoms with van der Waals surface area (Å²) < 4.78 is 5.44. The van der Waals surface area contributed by atoms with Gasteiger partial charge in [0.25, 0.3) is 5.91 Å². The second-order valence-electron chi connectivity index (χ2n) is 7.56. The number of furan rings is 1. The molecule has 0 aliphatic carbocycles. The summed E-state index contributed by atoms with van der Waals surface area (Å²) in [6.45, 7) is 4.10. The molecule has 7 nitrogen and oxygen atoms in total. The smallest absolute Gasteiger partial charge is 0.274 e. The van der Waals surface area contributed by atoms with Crippen LogP contribution >= 0.6 is 0 Å². The van der Waals surface area contributed by atoms with Crippen molar-refractivity contribution in [2.45, 2.75) is 38.4 Å². The van der Waals surface area contributed by atoms with Gasteiger partial charge in [-0.25, -0.2) is 0 Å². The summed E-state index contributed by atoms with van der Waals surface area (Å²) in [5.41, 5.74) is 2.79. The Morgan fingerprint density at radius 3 is 2.85 bits per heavy atom. The lowest BCUT2D eigenvalue weighted by Crippen LogP contribution is -2.44. The SMILES string of the molecule is CN(C)C1CCN(C(=O)c2n[nH]c3c2CCN(Cc2ccco2)C3)CC1. The molecule has 140 valence electrons. The van der Waals surface area contributed by atoms with Gasteiger partial charge < -0.3 is 14.2 Å². The van der Waals surface area contributed by atoms with E-state index in [-0.39, 0.29) is 5.91 Å². The Morgan fingerprint density at radius 2 is 2.15 bits per heavy atom. The van der Waals surface area contributed by atoms with Crippen LogP contribution in [0.25, 0.3) is 0 Å². The van der Waals surface area contributed by atoms with Crippen molar-refractivity contribution in [2.75, 3.05) is 33.7 Å². The molecule has 1 amide bonds. The van der Waals surface area contributed by atoms with E-state index in [1.165, 1.54) is 0 Å². The molecule has 26 heavy (non-hydrogen) atoms. The highest BCUT2D eigenvalue weighted by molar-refractivity contribution is 5.94. The van der Waals surface area contributed by atoms with E-state index in [9.17, 15) is 4.79 Å². The van der Waals surface area contributed by atoms with Crippen molar-refractivity contribution in [3.8, 4) is 0 Å². The Bertz CT molecular complexity index is 744. The van der Waals surface area contributed by atoms with Crippen molar-refractivity contribution in [1.82, 2.24) is 24.9 Å². The van der Waals surface area contributed by atoms with E-state index < -0.39 is 0 Å². The van der Waals surface area contributed by atoms with Crippen molar-refractivity contribution in [2.24, 2.45) is 0 Å². The highest BCUT2D eigenvalue weighted by atomic mass is 16.3. The highest BCUT2D eigenvalue weighted by Gasteiger charge is 2.30. The Balaban J connectivity index is 1.41. The van der Waals surface area contributed by atoms with E-state index >= 15 is 0 Å². The van der Waals surface area contributed by atoms with Gasteiger partial charge in [0.1, 0.15) is 5.76 Å². The molecular weight excluding hydrogens is 330 g/mol. The van der Waals surface area contributed by atoms with E-state index in [0.717, 1.165) is 69.0 Å². The number of carbonyl (C=O) groups excluding carboxylic acids is 1. The summed E-state index contributed by atoms with van der Waals surface area (Å²) in [6.07, 6.45) is 4.61. The molecule has 2 aliphatic heterocycles. The van der Waals surface area contributed by atoms with Crippen LogP contribution in [0.3, 0.4) is 0 Å². The molecule has 2 aromatic heterocycles. The lowest BCUT2D eigenvalue weighted by atomic mass is 10.0. The van der Waals surface area contributed by atoms with Gasteiger partial charge in [-0.3, -0.25) is 14.8 Å². The van der Waals surface area contributed by atoms with Crippen LogP contribution in [0.2, 0.25) is 0 Å². The molecule has 0 bridgehead atoms. The molecule has 0 saturated carbocycles. The molecule has 0 unspecified atom stereocenters. The molecular formula is C19H27N5O2. The zero-order valence-corrected chi connectivity index (χ0v) is 15.6. The number of carbonyl (C=O) groups is 1. The van der Waals surface area contributed by atoms with Crippen LogP contribution in [0.4, 0.5) is 0 Å². The molecule has 1 saturated heterocycles. The number of nitrogens with one attached hydrogen (secondary N) is 1. The number of hydrogen-bond donors (Lipinski definition) is 1. The first-order valence-corrected chi connectivity index (χ1v) is 9.38. The third-order valence-corrected chi connectivity index (χ3v) is 5.66. The quantitative estimate of drug-likeness (QED) is 0.902. The zero-order valence-electron chi connectivity index (χ0n) is 15.6. The number of rotatable bonds is 4. The molecule has 0 atom stereocenters. The fraction of sp³-hybridized carbons (Fsp3) is 0.579. The maximum Gasteiger partial charge on any atom is 0.274 e. The number of piperidine rings is 1. The van der Waals surface area contributed by atoms with E-state index in [1.54, 1.807) is 6.26 Å². The first kappa shape index (κ1) is 17.3. The molecule has 4 heterocycles. The Hall–Kier alpha value is -2.12. The van der Waals surface area contributed by atoms with Crippen LogP contribution in [0.5, 0.6) is 0 Å². The van der Waals surface area contributed by atoms with E-state index in [4.69, 9.17) is 4.42 Å². The van der Waals surface area contributed by atoms with E-state index in [0.29, 0.717) is 11.7 Å². The minimum Gasteiger partial charge on any atom is -0.468 e. The van der Waals surface area contributed by atoms with E-state index in [1.807, 2.05) is 17.0 Å². The summed E-state index contributed by atoms with van der Waals surface area (Å²) in [5, 5.41) is 7.49. The van der Waals surface area contributed by atoms with Gasteiger partial charge in [0.2, 0.25) is 0 Å². The van der Waals surface area contributed by atoms with Crippen LogP contribution in [0, 0.1) is 0 Å².